The van der Waals surface area contributed by atoms with Crippen LogP contribution in [0.25, 0.3) is 5.82 Å². The van der Waals surface area contributed by atoms with Crippen LogP contribution in [0.15, 0.2) is 88.6 Å². The first kappa shape index (κ1) is 26.7. The lowest BCUT2D eigenvalue weighted by atomic mass is 10.0. The predicted molar refractivity (Wildman–Crippen MR) is 156 cm³/mol. The second kappa shape index (κ2) is 11.9. The van der Waals surface area contributed by atoms with Crippen molar-refractivity contribution in [3.8, 4) is 11.6 Å². The molecule has 6 rings (SSSR count). The van der Waals surface area contributed by atoms with Gasteiger partial charge in [-0.1, -0.05) is 53.7 Å². The normalized spacial score (nSPS) is 13.1. The van der Waals surface area contributed by atoms with E-state index in [0.717, 1.165) is 42.0 Å². The number of nitrogens with zero attached hydrogens (tertiary/aromatic N) is 7. The van der Waals surface area contributed by atoms with Gasteiger partial charge in [-0.15, -0.1) is 5.10 Å². The average Bonchev–Trinajstić information content (AvgIpc) is 3.65. The molecular formula is C30H29N9O3. The summed E-state index contributed by atoms with van der Waals surface area (Å²) in [5, 5.41) is 20.2. The van der Waals surface area contributed by atoms with Crippen molar-refractivity contribution in [1.29, 1.82) is 0 Å². The highest BCUT2D eigenvalue weighted by molar-refractivity contribution is 6.00. The van der Waals surface area contributed by atoms with Gasteiger partial charge in [0.05, 0.1) is 18.0 Å². The van der Waals surface area contributed by atoms with E-state index >= 15 is 0 Å². The number of ether oxygens (including phenoxy) is 1. The van der Waals surface area contributed by atoms with Crippen molar-refractivity contribution in [1.82, 2.24) is 30.7 Å². The van der Waals surface area contributed by atoms with Gasteiger partial charge in [0.1, 0.15) is 12.4 Å². The van der Waals surface area contributed by atoms with Crippen molar-refractivity contribution in [3.05, 3.63) is 107 Å². The van der Waals surface area contributed by atoms with Crippen LogP contribution < -0.4 is 20.8 Å². The zero-order valence-corrected chi connectivity index (χ0v) is 23.0. The van der Waals surface area contributed by atoms with Gasteiger partial charge in [0, 0.05) is 12.2 Å². The van der Waals surface area contributed by atoms with Crippen LogP contribution in [0.1, 0.15) is 46.2 Å². The van der Waals surface area contributed by atoms with E-state index in [1.807, 2.05) is 73.7 Å². The Bertz CT molecular complexity index is 1710. The van der Waals surface area contributed by atoms with Gasteiger partial charge in [-0.2, -0.15) is 9.78 Å². The van der Waals surface area contributed by atoms with Gasteiger partial charge in [0.2, 0.25) is 11.6 Å². The monoisotopic (exact) mass is 563 g/mol. The van der Waals surface area contributed by atoms with E-state index in [1.54, 1.807) is 0 Å². The number of hydrogen-bond donors (Lipinski definition) is 2. The van der Waals surface area contributed by atoms with E-state index in [0.29, 0.717) is 24.6 Å². The zero-order valence-electron chi connectivity index (χ0n) is 23.0. The first-order valence-electron chi connectivity index (χ1n) is 13.5. The minimum absolute atomic E-state index is 0.0391. The summed E-state index contributed by atoms with van der Waals surface area (Å²) in [6, 6.07) is 25.7. The number of amides is 1. The Balaban J connectivity index is 1.20. The Labute approximate surface area is 241 Å². The molecular weight excluding hydrogens is 534 g/mol. The number of hydrazone groups is 1. The number of hydrogen-bond acceptors (Lipinski definition) is 10. The summed E-state index contributed by atoms with van der Waals surface area (Å²) in [4.78, 5) is 15.6. The summed E-state index contributed by atoms with van der Waals surface area (Å²) in [5.41, 5.74) is 14.0. The summed E-state index contributed by atoms with van der Waals surface area (Å²) in [6.45, 7) is 3.43. The largest absolute Gasteiger partial charge is 0.489 e. The summed E-state index contributed by atoms with van der Waals surface area (Å²) < 4.78 is 12.0. The maximum Gasteiger partial charge on any atom is 0.293 e. The number of fused-ring (bicyclic) bond motifs is 1. The quantitative estimate of drug-likeness (QED) is 0.201. The molecule has 1 aliphatic rings. The fourth-order valence-corrected chi connectivity index (χ4v) is 4.87. The molecule has 3 aromatic carbocycles. The highest BCUT2D eigenvalue weighted by Gasteiger charge is 2.27. The molecule has 1 amide bonds. The Morgan fingerprint density at radius 3 is 2.62 bits per heavy atom. The number of nitrogens with one attached hydrogen (secondary N) is 1. The van der Waals surface area contributed by atoms with E-state index in [-0.39, 0.29) is 17.3 Å². The predicted octanol–water partition coefficient (Wildman–Crippen LogP) is 3.92. The molecule has 0 fully saturated rings. The lowest BCUT2D eigenvalue weighted by molar-refractivity contribution is 0.0948. The first-order chi connectivity index (χ1) is 20.6. The molecule has 0 atom stereocenters. The topological polar surface area (TPSA) is 150 Å². The number of carbonyl (C=O) groups excluding carboxylic acids is 1. The summed E-state index contributed by atoms with van der Waals surface area (Å²) in [5.74, 6) is 0.425. The highest BCUT2D eigenvalue weighted by Crippen LogP contribution is 2.29. The maximum absolute atomic E-state index is 13.4. The molecule has 212 valence electrons. The Hall–Kier alpha value is -5.52. The summed E-state index contributed by atoms with van der Waals surface area (Å²) >= 11 is 0. The van der Waals surface area contributed by atoms with Crippen LogP contribution in [0.5, 0.6) is 5.75 Å². The van der Waals surface area contributed by atoms with Crippen LogP contribution in [-0.4, -0.2) is 43.5 Å². The van der Waals surface area contributed by atoms with Crippen molar-refractivity contribution in [2.24, 2.45) is 5.10 Å². The Morgan fingerprint density at radius 1 is 1.05 bits per heavy atom. The van der Waals surface area contributed by atoms with Gasteiger partial charge >= 0.3 is 0 Å². The van der Waals surface area contributed by atoms with Crippen molar-refractivity contribution >= 4 is 23.1 Å². The number of nitrogens with two attached hydrogens (primary N) is 1. The van der Waals surface area contributed by atoms with Crippen LogP contribution in [0, 0.1) is 0 Å². The number of carbonyl (C=O) groups is 1. The van der Waals surface area contributed by atoms with E-state index < -0.39 is 5.91 Å². The fourth-order valence-electron chi connectivity index (χ4n) is 4.87. The second-order valence-corrected chi connectivity index (χ2v) is 9.86. The molecule has 42 heavy (non-hydrogen) atoms. The minimum atomic E-state index is -0.515. The number of benzene rings is 3. The third-order valence-corrected chi connectivity index (χ3v) is 7.07. The van der Waals surface area contributed by atoms with Crippen LogP contribution in [-0.2, 0) is 19.6 Å². The average molecular weight is 564 g/mol. The molecule has 5 aromatic rings. The van der Waals surface area contributed by atoms with E-state index in [2.05, 4.69) is 48.2 Å². The van der Waals surface area contributed by atoms with Crippen molar-refractivity contribution in [3.63, 3.8) is 0 Å². The number of para-hydroxylation sites is 1. The number of rotatable bonds is 9. The molecule has 0 bridgehead atoms. The number of aromatic nitrogens is 5. The maximum atomic E-state index is 13.4. The molecule has 1 aliphatic heterocycles. The molecule has 0 aliphatic carbocycles. The Morgan fingerprint density at radius 2 is 1.83 bits per heavy atom. The van der Waals surface area contributed by atoms with Crippen molar-refractivity contribution < 1.29 is 14.2 Å². The molecule has 12 heteroatoms. The smallest absolute Gasteiger partial charge is 0.293 e. The molecule has 0 unspecified atom stereocenters. The third kappa shape index (κ3) is 5.68. The molecule has 3 heterocycles. The number of aryl methyl sites for hydroxylation is 1. The number of nitrogen functional groups attached to an aromatic ring is 1. The van der Waals surface area contributed by atoms with E-state index in [4.69, 9.17) is 15.1 Å². The zero-order chi connectivity index (χ0) is 28.9. The lowest BCUT2D eigenvalue weighted by Gasteiger charge is -2.31. The van der Waals surface area contributed by atoms with Gasteiger partial charge < -0.3 is 15.4 Å². The molecule has 12 nitrogen and oxygen atoms in total. The van der Waals surface area contributed by atoms with Crippen molar-refractivity contribution in [2.45, 2.75) is 32.9 Å². The fraction of sp³-hybridized carbons (Fsp3) is 0.200. The van der Waals surface area contributed by atoms with Crippen LogP contribution in [0.4, 0.5) is 11.5 Å². The van der Waals surface area contributed by atoms with Gasteiger partial charge in [-0.25, -0.2) is 10.1 Å². The first-order valence-corrected chi connectivity index (χ1v) is 13.5. The van der Waals surface area contributed by atoms with Crippen LogP contribution in [0.3, 0.4) is 0 Å². The second-order valence-electron chi connectivity index (χ2n) is 9.86. The van der Waals surface area contributed by atoms with Gasteiger partial charge in [0.25, 0.3) is 5.91 Å². The molecule has 3 N–H and O–H groups in total. The van der Waals surface area contributed by atoms with E-state index in [1.165, 1.54) is 10.2 Å². The molecule has 0 saturated heterocycles. The summed E-state index contributed by atoms with van der Waals surface area (Å²) in [7, 11) is 0. The minimum Gasteiger partial charge on any atom is -0.489 e. The standard InChI is InChI=1S/C30H29N9O3/c1-20(22-13-15-24(16-14-22)41-19-21-8-3-2-4-9-21)32-34-30(40)27-26(39(37-33-27)29-28(31)35-42-36-29)18-38-17-7-11-23-10-5-6-12-25(23)38/h2-6,8-10,12-16H,7,11,17-19H2,1H3,(H2,31,35)(H,34,40)/b32-20+. The van der Waals surface area contributed by atoms with E-state index in [9.17, 15) is 4.79 Å². The van der Waals surface area contributed by atoms with Crippen LogP contribution >= 0.6 is 0 Å². The summed E-state index contributed by atoms with van der Waals surface area (Å²) in [6.07, 6.45) is 1.97. The van der Waals surface area contributed by atoms with Gasteiger partial charge in [0.15, 0.2) is 5.69 Å². The molecule has 0 saturated carbocycles. The van der Waals surface area contributed by atoms with Crippen LogP contribution in [0.2, 0.25) is 0 Å². The van der Waals surface area contributed by atoms with Gasteiger partial charge in [-0.3, -0.25) is 4.79 Å². The molecule has 2 aromatic heterocycles. The Kier molecular flexibility index (Phi) is 7.58. The molecule has 0 spiro atoms. The SMILES string of the molecule is C/C(=N\NC(=O)c1nnn(-c2nonc2N)c1CN1CCCc2ccccc21)c1ccc(OCc2ccccc2)cc1. The van der Waals surface area contributed by atoms with Gasteiger partial charge in [-0.05, 0) is 77.1 Å². The van der Waals surface area contributed by atoms with Crippen molar-refractivity contribution in [2.75, 3.05) is 17.2 Å². The third-order valence-electron chi connectivity index (χ3n) is 7.07. The number of anilines is 2. The highest BCUT2D eigenvalue weighted by atomic mass is 16.6. The molecule has 0 radical (unpaired) electrons. The lowest BCUT2D eigenvalue weighted by Crippen LogP contribution is -2.31.